The topological polar surface area (TPSA) is 108 Å². The average molecular weight is 335 g/mol. The molecule has 0 saturated heterocycles. The molecule has 0 saturated carbocycles. The first-order valence-electron chi connectivity index (χ1n) is 6.47. The first-order valence-corrected chi connectivity index (χ1v) is 7.95. The van der Waals surface area contributed by atoms with Gasteiger partial charge in [-0.15, -0.1) is 5.10 Å². The summed E-state index contributed by atoms with van der Waals surface area (Å²) in [7, 11) is -0.920. The second-order valence-corrected chi connectivity index (χ2v) is 6.09. The zero-order valence-electron chi connectivity index (χ0n) is 12.3. The molecule has 9 nitrogen and oxygen atoms in total. The van der Waals surface area contributed by atoms with Crippen LogP contribution in [0.2, 0.25) is 0 Å². The van der Waals surface area contributed by atoms with Crippen molar-refractivity contribution in [3.63, 3.8) is 0 Å². The van der Waals surface area contributed by atoms with E-state index in [9.17, 15) is 8.42 Å². The highest BCUT2D eigenvalue weighted by Gasteiger charge is 2.19. The molecule has 1 N–H and O–H groups in total. The maximum absolute atomic E-state index is 12.3. The Morgan fingerprint density at radius 3 is 2.52 bits per heavy atom. The summed E-state index contributed by atoms with van der Waals surface area (Å²) in [5.41, 5.74) is 0.283. The molecule has 120 valence electrons. The van der Waals surface area contributed by atoms with Gasteiger partial charge in [0, 0.05) is 0 Å². The molecule has 2 heterocycles. The Morgan fingerprint density at radius 1 is 1.13 bits per heavy atom. The molecular formula is C13H13N5O4S. The number of ether oxygens (including phenoxy) is 2. The molecule has 0 aliphatic rings. The van der Waals surface area contributed by atoms with Crippen molar-refractivity contribution in [1.82, 2.24) is 19.6 Å². The summed E-state index contributed by atoms with van der Waals surface area (Å²) in [4.78, 5) is 8.23. The van der Waals surface area contributed by atoms with Crippen molar-refractivity contribution in [2.75, 3.05) is 18.9 Å². The third kappa shape index (κ3) is 2.75. The van der Waals surface area contributed by atoms with E-state index in [4.69, 9.17) is 9.47 Å². The molecule has 0 fully saturated rings. The van der Waals surface area contributed by atoms with E-state index in [1.807, 2.05) is 0 Å². The maximum Gasteiger partial charge on any atom is 0.319 e. The molecule has 0 amide bonds. The lowest BCUT2D eigenvalue weighted by molar-refractivity contribution is 0.359. The van der Waals surface area contributed by atoms with Crippen LogP contribution in [0.25, 0.3) is 5.65 Å². The van der Waals surface area contributed by atoms with Gasteiger partial charge in [0.25, 0.3) is 16.0 Å². The lowest BCUT2D eigenvalue weighted by Crippen LogP contribution is -2.14. The zero-order chi connectivity index (χ0) is 16.4. The fourth-order valence-electron chi connectivity index (χ4n) is 1.94. The van der Waals surface area contributed by atoms with Crippen molar-refractivity contribution in [2.24, 2.45) is 0 Å². The predicted molar refractivity (Wildman–Crippen MR) is 81.1 cm³/mol. The quantitative estimate of drug-likeness (QED) is 0.739. The minimum Gasteiger partial charge on any atom is -0.491 e. The molecule has 0 aliphatic heterocycles. The number of hydrogen-bond donors (Lipinski definition) is 1. The van der Waals surface area contributed by atoms with Crippen LogP contribution in [0.15, 0.2) is 41.4 Å². The smallest absolute Gasteiger partial charge is 0.319 e. The first kappa shape index (κ1) is 15.0. The van der Waals surface area contributed by atoms with E-state index in [-0.39, 0.29) is 22.5 Å². The van der Waals surface area contributed by atoms with E-state index in [0.717, 1.165) is 0 Å². The van der Waals surface area contributed by atoms with Crippen LogP contribution in [0.1, 0.15) is 0 Å². The monoisotopic (exact) mass is 335 g/mol. The van der Waals surface area contributed by atoms with Gasteiger partial charge in [0.1, 0.15) is 0 Å². The van der Waals surface area contributed by atoms with Gasteiger partial charge in [-0.3, -0.25) is 0 Å². The van der Waals surface area contributed by atoms with E-state index in [1.54, 1.807) is 18.2 Å². The molecule has 0 radical (unpaired) electrons. The Hall–Kier alpha value is -2.88. The highest BCUT2D eigenvalue weighted by molar-refractivity contribution is 7.92. The molecule has 2 aromatic heterocycles. The molecule has 0 unspecified atom stereocenters. The van der Waals surface area contributed by atoms with E-state index in [2.05, 4.69) is 19.8 Å². The molecule has 10 heteroatoms. The normalized spacial score (nSPS) is 11.4. The molecular weight excluding hydrogens is 322 g/mol. The van der Waals surface area contributed by atoms with Crippen molar-refractivity contribution in [2.45, 2.75) is 4.90 Å². The van der Waals surface area contributed by atoms with Crippen LogP contribution in [-0.4, -0.2) is 42.2 Å². The van der Waals surface area contributed by atoms with Crippen molar-refractivity contribution in [3.8, 4) is 11.8 Å². The van der Waals surface area contributed by atoms with E-state index >= 15 is 0 Å². The van der Waals surface area contributed by atoms with Crippen molar-refractivity contribution < 1.29 is 17.9 Å². The van der Waals surface area contributed by atoms with Gasteiger partial charge in [-0.25, -0.2) is 13.1 Å². The summed E-state index contributed by atoms with van der Waals surface area (Å²) in [5.74, 6) is 0.224. The second kappa shape index (κ2) is 5.72. The standard InChI is InChI=1S/C13H13N5O4S/c1-21-10-8-14-13(22-2)18-11(10)15-12(16-18)17-23(19,20)9-6-4-3-5-7-9/h3-8H,1-2H3,(H,16,17). The van der Waals surface area contributed by atoms with Gasteiger partial charge in [0.05, 0.1) is 25.3 Å². The Balaban J connectivity index is 2.04. The van der Waals surface area contributed by atoms with Gasteiger partial charge in [-0.05, 0) is 12.1 Å². The van der Waals surface area contributed by atoms with Gasteiger partial charge >= 0.3 is 6.01 Å². The lowest BCUT2D eigenvalue weighted by atomic mass is 10.4. The van der Waals surface area contributed by atoms with E-state index < -0.39 is 10.0 Å². The summed E-state index contributed by atoms with van der Waals surface area (Å²) in [6, 6.07) is 8.08. The number of methoxy groups -OCH3 is 2. The van der Waals surface area contributed by atoms with Crippen LogP contribution in [0, 0.1) is 0 Å². The molecule has 23 heavy (non-hydrogen) atoms. The van der Waals surface area contributed by atoms with Crippen LogP contribution < -0.4 is 14.2 Å². The number of nitrogens with one attached hydrogen (secondary N) is 1. The summed E-state index contributed by atoms with van der Waals surface area (Å²) >= 11 is 0. The summed E-state index contributed by atoms with van der Waals surface area (Å²) in [5, 5.41) is 4.05. The van der Waals surface area contributed by atoms with Crippen molar-refractivity contribution in [3.05, 3.63) is 36.5 Å². The number of anilines is 1. The number of sulfonamides is 1. The first-order chi connectivity index (χ1) is 11.0. The second-order valence-electron chi connectivity index (χ2n) is 4.40. The van der Waals surface area contributed by atoms with Crippen LogP contribution in [0.4, 0.5) is 5.95 Å². The van der Waals surface area contributed by atoms with Crippen LogP contribution >= 0.6 is 0 Å². The number of benzene rings is 1. The number of rotatable bonds is 5. The number of hydrogen-bond acceptors (Lipinski definition) is 7. The molecule has 3 rings (SSSR count). The number of nitrogens with zero attached hydrogens (tertiary/aromatic N) is 4. The molecule has 1 aromatic carbocycles. The predicted octanol–water partition coefficient (Wildman–Crippen LogP) is 0.942. The largest absolute Gasteiger partial charge is 0.491 e. The molecule has 0 atom stereocenters. The Morgan fingerprint density at radius 2 is 1.87 bits per heavy atom. The Kier molecular flexibility index (Phi) is 3.74. The third-order valence-corrected chi connectivity index (χ3v) is 4.33. The van der Waals surface area contributed by atoms with Gasteiger partial charge in [-0.1, -0.05) is 18.2 Å². The summed E-state index contributed by atoms with van der Waals surface area (Å²) < 4.78 is 38.4. The fraction of sp³-hybridized carbons (Fsp3) is 0.154. The molecule has 0 aliphatic carbocycles. The number of aromatic nitrogens is 4. The van der Waals surface area contributed by atoms with Crippen molar-refractivity contribution >= 4 is 21.6 Å². The summed E-state index contributed by atoms with van der Waals surface area (Å²) in [6.45, 7) is 0. The van der Waals surface area contributed by atoms with E-state index in [0.29, 0.717) is 5.75 Å². The third-order valence-electron chi connectivity index (χ3n) is 2.98. The van der Waals surface area contributed by atoms with Crippen LogP contribution in [0.3, 0.4) is 0 Å². The minimum absolute atomic E-state index is 0.107. The molecule has 0 bridgehead atoms. The fourth-order valence-corrected chi connectivity index (χ4v) is 2.90. The average Bonchev–Trinajstić information content (AvgIpc) is 2.97. The minimum atomic E-state index is -3.79. The lowest BCUT2D eigenvalue weighted by Gasteiger charge is -2.03. The van der Waals surface area contributed by atoms with Crippen molar-refractivity contribution in [1.29, 1.82) is 0 Å². The maximum atomic E-state index is 12.3. The van der Waals surface area contributed by atoms with Crippen LogP contribution in [0.5, 0.6) is 11.8 Å². The Labute approximate surface area is 132 Å². The van der Waals surface area contributed by atoms with Gasteiger partial charge in [0.2, 0.25) is 5.65 Å². The molecule has 3 aromatic rings. The Bertz CT molecular complexity index is 899. The van der Waals surface area contributed by atoms with Gasteiger partial charge < -0.3 is 9.47 Å². The molecule has 0 spiro atoms. The zero-order valence-corrected chi connectivity index (χ0v) is 13.1. The van der Waals surface area contributed by atoms with Crippen LogP contribution in [-0.2, 0) is 10.0 Å². The van der Waals surface area contributed by atoms with Gasteiger partial charge in [0.15, 0.2) is 5.75 Å². The SMILES string of the molecule is COc1cnc(OC)n2nc(NS(=O)(=O)c3ccccc3)nc12. The number of fused-ring (bicyclic) bond motifs is 1. The van der Waals surface area contributed by atoms with E-state index in [1.165, 1.54) is 37.1 Å². The summed E-state index contributed by atoms with van der Waals surface area (Å²) in [6.07, 6.45) is 1.42. The highest BCUT2D eigenvalue weighted by atomic mass is 32.2. The highest BCUT2D eigenvalue weighted by Crippen LogP contribution is 2.23. The van der Waals surface area contributed by atoms with Gasteiger partial charge in [-0.2, -0.15) is 14.5 Å².